The molecule has 8 heteroatoms. The number of carbonyl (C=O) groups excluding carboxylic acids is 1. The molecule has 174 valence electrons. The van der Waals surface area contributed by atoms with Gasteiger partial charge in [0.15, 0.2) is 11.5 Å². The fourth-order valence-electron chi connectivity index (χ4n) is 3.94. The summed E-state index contributed by atoms with van der Waals surface area (Å²) >= 11 is 0. The smallest absolute Gasteiger partial charge is 0.254 e. The molecule has 1 aromatic heterocycles. The first-order chi connectivity index (χ1) is 16.1. The van der Waals surface area contributed by atoms with E-state index in [-0.39, 0.29) is 17.6 Å². The fourth-order valence-corrected chi connectivity index (χ4v) is 3.94. The standard InChI is InChI=1S/C25H28FN3O4/c1-3-4-13-32-21-11-10-18(15-22(21)31-2)25(30)29-12-6-8-19(16-29)24-27-23(28-33-24)17-7-5-9-20(26)14-17/h5,7,9-11,14-15,19H,3-4,6,8,12-13,16H2,1-2H3. The first-order valence-corrected chi connectivity index (χ1v) is 11.3. The van der Waals surface area contributed by atoms with Crippen molar-refractivity contribution in [2.24, 2.45) is 0 Å². The van der Waals surface area contributed by atoms with Crippen LogP contribution in [0.1, 0.15) is 54.8 Å². The zero-order valence-electron chi connectivity index (χ0n) is 18.9. The van der Waals surface area contributed by atoms with Gasteiger partial charge in [-0.05, 0) is 49.6 Å². The summed E-state index contributed by atoms with van der Waals surface area (Å²) in [6, 6.07) is 11.4. The molecule has 7 nitrogen and oxygen atoms in total. The third-order valence-electron chi connectivity index (χ3n) is 5.75. The van der Waals surface area contributed by atoms with Crippen LogP contribution in [0.15, 0.2) is 47.0 Å². The van der Waals surface area contributed by atoms with Crippen LogP contribution in [0.4, 0.5) is 4.39 Å². The van der Waals surface area contributed by atoms with Gasteiger partial charge in [-0.2, -0.15) is 4.98 Å². The third kappa shape index (κ3) is 5.32. The number of likely N-dealkylation sites (tertiary alicyclic amines) is 1. The second-order valence-electron chi connectivity index (χ2n) is 8.12. The molecule has 0 bridgehead atoms. The number of hydrogen-bond acceptors (Lipinski definition) is 6. The molecule has 1 unspecified atom stereocenters. The summed E-state index contributed by atoms with van der Waals surface area (Å²) in [5.41, 5.74) is 1.10. The van der Waals surface area contributed by atoms with Gasteiger partial charge in [-0.3, -0.25) is 4.79 Å². The van der Waals surface area contributed by atoms with Gasteiger partial charge in [0.05, 0.1) is 19.6 Å². The van der Waals surface area contributed by atoms with Crippen LogP contribution in [-0.4, -0.2) is 47.8 Å². The number of amides is 1. The Morgan fingerprint density at radius 3 is 2.91 bits per heavy atom. The van der Waals surface area contributed by atoms with Gasteiger partial charge in [0.25, 0.3) is 5.91 Å². The highest BCUT2D eigenvalue weighted by Crippen LogP contribution is 2.31. The van der Waals surface area contributed by atoms with Gasteiger partial charge in [0.1, 0.15) is 5.82 Å². The summed E-state index contributed by atoms with van der Waals surface area (Å²) < 4.78 is 30.2. The van der Waals surface area contributed by atoms with Crippen molar-refractivity contribution in [3.05, 3.63) is 59.7 Å². The summed E-state index contributed by atoms with van der Waals surface area (Å²) in [6.45, 7) is 3.83. The number of piperidine rings is 1. The largest absolute Gasteiger partial charge is 0.493 e. The van der Waals surface area contributed by atoms with E-state index < -0.39 is 0 Å². The molecule has 1 aliphatic heterocycles. The van der Waals surface area contributed by atoms with E-state index in [1.807, 2.05) is 0 Å². The molecule has 2 heterocycles. The van der Waals surface area contributed by atoms with Crippen molar-refractivity contribution < 1.29 is 23.2 Å². The van der Waals surface area contributed by atoms with E-state index in [1.54, 1.807) is 42.3 Å². The van der Waals surface area contributed by atoms with Gasteiger partial charge in [-0.15, -0.1) is 0 Å². The van der Waals surface area contributed by atoms with Crippen LogP contribution in [0.5, 0.6) is 11.5 Å². The lowest BCUT2D eigenvalue weighted by molar-refractivity contribution is 0.0695. The number of benzene rings is 2. The van der Waals surface area contributed by atoms with Crippen molar-refractivity contribution in [2.75, 3.05) is 26.8 Å². The number of methoxy groups -OCH3 is 1. The molecule has 1 amide bonds. The number of ether oxygens (including phenoxy) is 2. The molecule has 1 atom stereocenters. The summed E-state index contributed by atoms with van der Waals surface area (Å²) in [6.07, 6.45) is 3.65. The van der Waals surface area contributed by atoms with Crippen LogP contribution in [-0.2, 0) is 0 Å². The maximum Gasteiger partial charge on any atom is 0.254 e. The maximum atomic E-state index is 13.5. The Balaban J connectivity index is 1.46. The maximum absolute atomic E-state index is 13.5. The lowest BCUT2D eigenvalue weighted by Gasteiger charge is -2.31. The van der Waals surface area contributed by atoms with Crippen molar-refractivity contribution >= 4 is 5.91 Å². The van der Waals surface area contributed by atoms with Crippen LogP contribution in [0.25, 0.3) is 11.4 Å². The Hall–Kier alpha value is -3.42. The van der Waals surface area contributed by atoms with Crippen molar-refractivity contribution in [2.45, 2.75) is 38.5 Å². The summed E-state index contributed by atoms with van der Waals surface area (Å²) in [5.74, 6) is 1.47. The second-order valence-corrected chi connectivity index (χ2v) is 8.12. The molecule has 1 aliphatic rings. The Morgan fingerprint density at radius 2 is 2.12 bits per heavy atom. The molecule has 1 saturated heterocycles. The lowest BCUT2D eigenvalue weighted by atomic mass is 9.97. The van der Waals surface area contributed by atoms with Crippen LogP contribution in [0, 0.1) is 5.82 Å². The quantitative estimate of drug-likeness (QED) is 0.443. The van der Waals surface area contributed by atoms with Gasteiger partial charge >= 0.3 is 0 Å². The lowest BCUT2D eigenvalue weighted by Crippen LogP contribution is -2.39. The minimum absolute atomic E-state index is 0.0731. The van der Waals surface area contributed by atoms with Crippen LogP contribution >= 0.6 is 0 Å². The Labute approximate surface area is 192 Å². The number of carbonyl (C=O) groups is 1. The highest BCUT2D eigenvalue weighted by molar-refractivity contribution is 5.95. The Bertz CT molecular complexity index is 1100. The molecule has 4 rings (SSSR count). The van der Waals surface area contributed by atoms with E-state index >= 15 is 0 Å². The fraction of sp³-hybridized carbons (Fsp3) is 0.400. The average Bonchev–Trinajstić information content (AvgIpc) is 3.34. The van der Waals surface area contributed by atoms with Gasteiger partial charge in [-0.25, -0.2) is 4.39 Å². The van der Waals surface area contributed by atoms with Gasteiger partial charge in [-0.1, -0.05) is 30.6 Å². The van der Waals surface area contributed by atoms with Crippen LogP contribution < -0.4 is 9.47 Å². The van der Waals surface area contributed by atoms with Crippen molar-refractivity contribution in [1.82, 2.24) is 15.0 Å². The van der Waals surface area contributed by atoms with E-state index in [9.17, 15) is 9.18 Å². The molecule has 1 fully saturated rings. The third-order valence-corrected chi connectivity index (χ3v) is 5.75. The molecular formula is C25H28FN3O4. The second kappa shape index (κ2) is 10.5. The first-order valence-electron chi connectivity index (χ1n) is 11.3. The number of halogens is 1. The van der Waals surface area contributed by atoms with Crippen molar-refractivity contribution in [3.63, 3.8) is 0 Å². The molecule has 2 aromatic carbocycles. The SMILES string of the molecule is CCCCOc1ccc(C(=O)N2CCCC(c3nc(-c4cccc(F)c4)no3)C2)cc1OC. The van der Waals surface area contributed by atoms with Crippen molar-refractivity contribution in [1.29, 1.82) is 0 Å². The topological polar surface area (TPSA) is 77.7 Å². The number of nitrogens with zero attached hydrogens (tertiary/aromatic N) is 3. The molecule has 0 radical (unpaired) electrons. The first kappa shape index (κ1) is 22.8. The van der Waals surface area contributed by atoms with Gasteiger partial charge in [0, 0.05) is 24.2 Å². The number of rotatable bonds is 8. The van der Waals surface area contributed by atoms with E-state index in [0.29, 0.717) is 54.0 Å². The Kier molecular flexibility index (Phi) is 7.22. The predicted octanol–water partition coefficient (Wildman–Crippen LogP) is 5.08. The van der Waals surface area contributed by atoms with E-state index in [0.717, 1.165) is 25.7 Å². The van der Waals surface area contributed by atoms with Gasteiger partial charge in [0.2, 0.25) is 11.7 Å². The minimum atomic E-state index is -0.356. The Morgan fingerprint density at radius 1 is 1.24 bits per heavy atom. The van der Waals surface area contributed by atoms with Crippen molar-refractivity contribution in [3.8, 4) is 22.9 Å². The molecule has 0 spiro atoms. The molecular weight excluding hydrogens is 425 g/mol. The summed E-state index contributed by atoms with van der Waals surface area (Å²) in [7, 11) is 1.57. The molecule has 0 N–H and O–H groups in total. The number of aromatic nitrogens is 2. The monoisotopic (exact) mass is 453 g/mol. The number of hydrogen-bond donors (Lipinski definition) is 0. The minimum Gasteiger partial charge on any atom is -0.493 e. The van der Waals surface area contributed by atoms with Crippen LogP contribution in [0.3, 0.4) is 0 Å². The highest BCUT2D eigenvalue weighted by atomic mass is 19.1. The van der Waals surface area contributed by atoms with Gasteiger partial charge < -0.3 is 18.9 Å². The van der Waals surface area contributed by atoms with E-state index in [1.165, 1.54) is 12.1 Å². The normalized spacial score (nSPS) is 16.0. The zero-order valence-corrected chi connectivity index (χ0v) is 18.9. The van der Waals surface area contributed by atoms with Crippen LogP contribution in [0.2, 0.25) is 0 Å². The zero-order chi connectivity index (χ0) is 23.2. The van der Waals surface area contributed by atoms with E-state index in [4.69, 9.17) is 14.0 Å². The summed E-state index contributed by atoms with van der Waals surface area (Å²) in [4.78, 5) is 19.5. The van der Waals surface area contributed by atoms with E-state index in [2.05, 4.69) is 17.1 Å². The summed E-state index contributed by atoms with van der Waals surface area (Å²) in [5, 5.41) is 4.01. The molecule has 33 heavy (non-hydrogen) atoms. The highest BCUT2D eigenvalue weighted by Gasteiger charge is 2.29. The molecule has 3 aromatic rings. The average molecular weight is 454 g/mol. The number of unbranched alkanes of at least 4 members (excludes halogenated alkanes) is 1. The molecule has 0 aliphatic carbocycles. The predicted molar refractivity (Wildman–Crippen MR) is 121 cm³/mol. The molecule has 0 saturated carbocycles.